The summed E-state index contributed by atoms with van der Waals surface area (Å²) in [5, 5.41) is 12.0. The van der Waals surface area contributed by atoms with Crippen LogP contribution in [0.4, 0.5) is 0 Å². The highest BCUT2D eigenvalue weighted by molar-refractivity contribution is 5.76. The molecular weight excluding hydrogens is 328 g/mol. The minimum absolute atomic E-state index is 0.132. The number of carbonyl (C=O) groups excluding carboxylic acids is 1. The van der Waals surface area contributed by atoms with Crippen molar-refractivity contribution >= 4 is 5.91 Å². The molecule has 2 aliphatic heterocycles. The van der Waals surface area contributed by atoms with E-state index >= 15 is 0 Å². The van der Waals surface area contributed by atoms with Crippen molar-refractivity contribution in [3.05, 3.63) is 35.9 Å². The van der Waals surface area contributed by atoms with Crippen LogP contribution in [0.1, 0.15) is 44.1 Å². The maximum Gasteiger partial charge on any atom is 0.223 e. The average Bonchev–Trinajstić information content (AvgIpc) is 3.21. The molecule has 1 aromatic carbocycles. The number of aliphatic hydroxyl groups is 1. The van der Waals surface area contributed by atoms with Gasteiger partial charge in [-0.25, -0.2) is 0 Å². The Bertz CT molecular complexity index is 560. The third kappa shape index (κ3) is 5.29. The Kier molecular flexibility index (Phi) is 7.06. The molecule has 0 spiro atoms. The SMILES string of the molecule is O=C(CCN1CCCO1)N1CCC[C@](CO)(CCCc2ccccc2)C1. The summed E-state index contributed by atoms with van der Waals surface area (Å²) in [7, 11) is 0. The Hall–Kier alpha value is -1.43. The van der Waals surface area contributed by atoms with E-state index in [1.165, 1.54) is 5.56 Å². The molecule has 1 atom stereocenters. The number of hydroxylamine groups is 2. The number of carbonyl (C=O) groups is 1. The predicted octanol–water partition coefficient (Wildman–Crippen LogP) is 2.64. The van der Waals surface area contributed by atoms with Gasteiger partial charge in [0.2, 0.25) is 5.91 Å². The first-order valence-electron chi connectivity index (χ1n) is 10.0. The predicted molar refractivity (Wildman–Crippen MR) is 101 cm³/mol. The summed E-state index contributed by atoms with van der Waals surface area (Å²) in [5.41, 5.74) is 1.21. The summed E-state index contributed by atoms with van der Waals surface area (Å²) in [6, 6.07) is 10.5. The lowest BCUT2D eigenvalue weighted by Gasteiger charge is -2.42. The highest BCUT2D eigenvalue weighted by Gasteiger charge is 2.36. The van der Waals surface area contributed by atoms with Crippen LogP contribution in [-0.2, 0) is 16.1 Å². The van der Waals surface area contributed by atoms with Crippen molar-refractivity contribution in [2.24, 2.45) is 5.41 Å². The lowest BCUT2D eigenvalue weighted by atomic mass is 9.76. The standard InChI is InChI=1S/C21H32N2O3/c24-18-21(11-4-9-19-7-2-1-3-8-19)12-5-13-22(17-21)20(25)10-15-23-14-6-16-26-23/h1-3,7-8,24H,4-6,9-18H2/t21-/m1/s1. The monoisotopic (exact) mass is 360 g/mol. The van der Waals surface area contributed by atoms with Crippen molar-refractivity contribution < 1.29 is 14.7 Å². The minimum Gasteiger partial charge on any atom is -0.396 e. The number of amides is 1. The fourth-order valence-corrected chi connectivity index (χ4v) is 4.20. The number of aryl methyl sites for hydroxylation is 1. The number of piperidine rings is 1. The second-order valence-corrected chi connectivity index (χ2v) is 7.78. The molecule has 5 heteroatoms. The molecule has 1 aromatic rings. The first-order chi connectivity index (χ1) is 12.7. The van der Waals surface area contributed by atoms with Crippen molar-refractivity contribution in [2.75, 3.05) is 39.4 Å². The van der Waals surface area contributed by atoms with Crippen molar-refractivity contribution in [3.8, 4) is 0 Å². The van der Waals surface area contributed by atoms with Crippen molar-refractivity contribution in [1.82, 2.24) is 9.96 Å². The molecule has 2 saturated heterocycles. The van der Waals surface area contributed by atoms with Gasteiger partial charge in [0.25, 0.3) is 0 Å². The molecule has 0 radical (unpaired) electrons. The number of likely N-dealkylation sites (tertiary alicyclic amines) is 1. The number of rotatable bonds is 8. The molecule has 26 heavy (non-hydrogen) atoms. The van der Waals surface area contributed by atoms with E-state index in [2.05, 4.69) is 24.3 Å². The van der Waals surface area contributed by atoms with Gasteiger partial charge < -0.3 is 10.0 Å². The van der Waals surface area contributed by atoms with Gasteiger partial charge >= 0.3 is 0 Å². The molecule has 0 saturated carbocycles. The summed E-state index contributed by atoms with van der Waals surface area (Å²) < 4.78 is 0. The number of aliphatic hydroxyl groups excluding tert-OH is 1. The molecule has 0 aromatic heterocycles. The number of hydrogen-bond acceptors (Lipinski definition) is 4. The van der Waals surface area contributed by atoms with E-state index < -0.39 is 0 Å². The maximum absolute atomic E-state index is 12.6. The van der Waals surface area contributed by atoms with E-state index in [1.807, 2.05) is 16.0 Å². The van der Waals surface area contributed by atoms with E-state index in [4.69, 9.17) is 4.84 Å². The van der Waals surface area contributed by atoms with Gasteiger partial charge in [-0.3, -0.25) is 9.63 Å². The summed E-state index contributed by atoms with van der Waals surface area (Å²) in [6.07, 6.45) is 6.60. The third-order valence-electron chi connectivity index (χ3n) is 5.77. The zero-order valence-corrected chi connectivity index (χ0v) is 15.7. The third-order valence-corrected chi connectivity index (χ3v) is 5.77. The lowest BCUT2D eigenvalue weighted by Crippen LogP contribution is -2.48. The lowest BCUT2D eigenvalue weighted by molar-refractivity contribution is -0.142. The van der Waals surface area contributed by atoms with Crippen LogP contribution >= 0.6 is 0 Å². The number of hydrogen-bond donors (Lipinski definition) is 1. The highest BCUT2D eigenvalue weighted by Crippen LogP contribution is 2.35. The summed E-state index contributed by atoms with van der Waals surface area (Å²) in [5.74, 6) is 0.195. The smallest absolute Gasteiger partial charge is 0.223 e. The zero-order valence-electron chi connectivity index (χ0n) is 15.7. The van der Waals surface area contributed by atoms with Gasteiger partial charge in [-0.1, -0.05) is 30.3 Å². The summed E-state index contributed by atoms with van der Waals surface area (Å²) in [4.78, 5) is 20.1. The molecule has 0 bridgehead atoms. The second kappa shape index (κ2) is 9.49. The number of benzene rings is 1. The van der Waals surface area contributed by atoms with Gasteiger partial charge in [-0.2, -0.15) is 5.06 Å². The van der Waals surface area contributed by atoms with Crippen LogP contribution in [-0.4, -0.2) is 60.4 Å². The Morgan fingerprint density at radius 1 is 1.19 bits per heavy atom. The van der Waals surface area contributed by atoms with Crippen LogP contribution < -0.4 is 0 Å². The van der Waals surface area contributed by atoms with Crippen LogP contribution in [0, 0.1) is 5.41 Å². The van der Waals surface area contributed by atoms with Gasteiger partial charge in [-0.05, 0) is 44.1 Å². The van der Waals surface area contributed by atoms with Crippen LogP contribution in [0.3, 0.4) is 0 Å². The van der Waals surface area contributed by atoms with Gasteiger partial charge in [-0.15, -0.1) is 0 Å². The fraction of sp³-hybridized carbons (Fsp3) is 0.667. The molecule has 144 valence electrons. The molecule has 0 aliphatic carbocycles. The van der Waals surface area contributed by atoms with E-state index in [0.29, 0.717) is 19.5 Å². The molecule has 2 fully saturated rings. The highest BCUT2D eigenvalue weighted by atomic mass is 16.7. The van der Waals surface area contributed by atoms with E-state index in [9.17, 15) is 9.90 Å². The van der Waals surface area contributed by atoms with Gasteiger partial charge in [0.1, 0.15) is 0 Å². The number of nitrogens with zero attached hydrogens (tertiary/aromatic N) is 2. The molecule has 2 aliphatic rings. The Labute approximate surface area is 156 Å². The average molecular weight is 360 g/mol. The largest absolute Gasteiger partial charge is 0.396 e. The van der Waals surface area contributed by atoms with Crippen molar-refractivity contribution in [3.63, 3.8) is 0 Å². The Morgan fingerprint density at radius 2 is 2.04 bits per heavy atom. The van der Waals surface area contributed by atoms with Crippen LogP contribution in [0.15, 0.2) is 30.3 Å². The van der Waals surface area contributed by atoms with E-state index in [0.717, 1.165) is 58.2 Å². The van der Waals surface area contributed by atoms with Crippen molar-refractivity contribution in [2.45, 2.75) is 44.9 Å². The quantitative estimate of drug-likeness (QED) is 0.774. The molecular formula is C21H32N2O3. The maximum atomic E-state index is 12.6. The van der Waals surface area contributed by atoms with Gasteiger partial charge in [0, 0.05) is 38.0 Å². The molecule has 1 amide bonds. The molecule has 2 heterocycles. The fourth-order valence-electron chi connectivity index (χ4n) is 4.20. The molecule has 0 unspecified atom stereocenters. The molecule has 5 nitrogen and oxygen atoms in total. The Balaban J connectivity index is 1.48. The molecule has 1 N–H and O–H groups in total. The van der Waals surface area contributed by atoms with Gasteiger partial charge in [0.15, 0.2) is 0 Å². The van der Waals surface area contributed by atoms with E-state index in [1.54, 1.807) is 0 Å². The molecule has 3 rings (SSSR count). The summed E-state index contributed by atoms with van der Waals surface area (Å²) in [6.45, 7) is 4.05. The van der Waals surface area contributed by atoms with E-state index in [-0.39, 0.29) is 17.9 Å². The zero-order chi connectivity index (χ0) is 18.2. The topological polar surface area (TPSA) is 53.0 Å². The van der Waals surface area contributed by atoms with Gasteiger partial charge in [0.05, 0.1) is 13.2 Å². The first kappa shape index (κ1) is 19.3. The minimum atomic E-state index is -0.132. The first-order valence-corrected chi connectivity index (χ1v) is 10.0. The van der Waals surface area contributed by atoms with Crippen LogP contribution in [0.5, 0.6) is 0 Å². The Morgan fingerprint density at radius 3 is 2.77 bits per heavy atom. The normalized spacial score (nSPS) is 24.1. The second-order valence-electron chi connectivity index (χ2n) is 7.78. The van der Waals surface area contributed by atoms with Crippen LogP contribution in [0.25, 0.3) is 0 Å². The van der Waals surface area contributed by atoms with Crippen molar-refractivity contribution in [1.29, 1.82) is 0 Å². The summed E-state index contributed by atoms with van der Waals surface area (Å²) >= 11 is 0. The van der Waals surface area contributed by atoms with Crippen LogP contribution in [0.2, 0.25) is 0 Å².